The first-order valence-electron chi connectivity index (χ1n) is 4.94. The number of aromatic nitrogens is 2. The molecule has 0 atom stereocenters. The number of halogens is 1. The molecular weight excluding hydrogens is 223 g/mol. The van der Waals surface area contributed by atoms with Crippen LogP contribution >= 0.6 is 0 Å². The van der Waals surface area contributed by atoms with E-state index in [0.29, 0.717) is 16.0 Å². The number of ketones is 1. The van der Waals surface area contributed by atoms with E-state index in [1.807, 2.05) is 0 Å². The molecule has 86 valence electrons. The van der Waals surface area contributed by atoms with Gasteiger partial charge in [-0.25, -0.2) is 9.37 Å². The minimum Gasteiger partial charge on any atom is -0.618 e. The predicted octanol–water partition coefficient (Wildman–Crippen LogP) is 1.39. The molecule has 1 heterocycles. The lowest BCUT2D eigenvalue weighted by Crippen LogP contribution is -2.31. The van der Waals surface area contributed by atoms with E-state index in [1.54, 1.807) is 6.92 Å². The van der Waals surface area contributed by atoms with Crippen LogP contribution < -0.4 is 4.73 Å². The Morgan fingerprint density at radius 2 is 2.00 bits per heavy atom. The van der Waals surface area contributed by atoms with E-state index in [-0.39, 0.29) is 5.69 Å². The Bertz CT molecular complexity index is 567. The highest BCUT2D eigenvalue weighted by atomic mass is 19.1. The summed E-state index contributed by atoms with van der Waals surface area (Å²) in [6.07, 6.45) is 2.44. The van der Waals surface area contributed by atoms with Crippen molar-refractivity contribution in [1.82, 2.24) is 4.98 Å². The molecule has 0 bridgehead atoms. The average molecular weight is 232 g/mol. The summed E-state index contributed by atoms with van der Waals surface area (Å²) in [6, 6.07) is 5.09. The molecule has 0 aliphatic rings. The zero-order valence-corrected chi connectivity index (χ0v) is 9.05. The lowest BCUT2D eigenvalue weighted by molar-refractivity contribution is -0.613. The van der Waals surface area contributed by atoms with Gasteiger partial charge in [-0.1, -0.05) is 0 Å². The zero-order valence-electron chi connectivity index (χ0n) is 9.05. The van der Waals surface area contributed by atoms with Gasteiger partial charge in [-0.15, -0.1) is 0 Å². The maximum atomic E-state index is 12.7. The van der Waals surface area contributed by atoms with Gasteiger partial charge in [-0.05, 0) is 24.3 Å². The molecule has 4 nitrogen and oxygen atoms in total. The normalized spacial score (nSPS) is 10.2. The molecule has 0 fully saturated rings. The summed E-state index contributed by atoms with van der Waals surface area (Å²) in [5.74, 6) is -0.827. The van der Waals surface area contributed by atoms with Crippen molar-refractivity contribution in [2.45, 2.75) is 6.92 Å². The van der Waals surface area contributed by atoms with Crippen LogP contribution in [-0.2, 0) is 0 Å². The number of carbonyl (C=O) groups is 1. The molecule has 1 aromatic heterocycles. The van der Waals surface area contributed by atoms with Crippen molar-refractivity contribution in [1.29, 1.82) is 0 Å². The van der Waals surface area contributed by atoms with Crippen LogP contribution in [0, 0.1) is 17.9 Å². The van der Waals surface area contributed by atoms with E-state index in [1.165, 1.54) is 30.5 Å². The Morgan fingerprint density at radius 1 is 1.35 bits per heavy atom. The highest BCUT2D eigenvalue weighted by Gasteiger charge is 2.14. The second-order valence-electron chi connectivity index (χ2n) is 3.58. The van der Waals surface area contributed by atoms with Crippen LogP contribution in [0.25, 0.3) is 0 Å². The third-order valence-corrected chi connectivity index (χ3v) is 2.32. The zero-order chi connectivity index (χ0) is 12.4. The van der Waals surface area contributed by atoms with Crippen LogP contribution in [0.1, 0.15) is 21.7 Å². The smallest absolute Gasteiger partial charge is 0.217 e. The monoisotopic (exact) mass is 232 g/mol. The average Bonchev–Trinajstić information content (AvgIpc) is 2.33. The van der Waals surface area contributed by atoms with E-state index in [0.717, 1.165) is 6.20 Å². The Morgan fingerprint density at radius 3 is 2.59 bits per heavy atom. The molecular formula is C12H9FN2O2. The van der Waals surface area contributed by atoms with Crippen molar-refractivity contribution in [2.75, 3.05) is 0 Å². The Labute approximate surface area is 96.9 Å². The van der Waals surface area contributed by atoms with Crippen molar-refractivity contribution < 1.29 is 13.9 Å². The topological polar surface area (TPSA) is 56.9 Å². The number of nitrogens with zero attached hydrogens (tertiary/aromatic N) is 2. The molecule has 0 aliphatic heterocycles. The fourth-order valence-corrected chi connectivity index (χ4v) is 1.33. The Kier molecular flexibility index (Phi) is 2.82. The summed E-state index contributed by atoms with van der Waals surface area (Å²) in [4.78, 5) is 15.8. The quantitative estimate of drug-likeness (QED) is 0.446. The van der Waals surface area contributed by atoms with E-state index < -0.39 is 11.6 Å². The minimum atomic E-state index is -0.419. The summed E-state index contributed by atoms with van der Waals surface area (Å²) < 4.78 is 13.3. The third kappa shape index (κ3) is 2.28. The summed E-state index contributed by atoms with van der Waals surface area (Å²) >= 11 is 0. The van der Waals surface area contributed by atoms with E-state index in [4.69, 9.17) is 0 Å². The van der Waals surface area contributed by atoms with Crippen LogP contribution in [0.5, 0.6) is 0 Å². The van der Waals surface area contributed by atoms with Gasteiger partial charge in [-0.3, -0.25) is 4.79 Å². The van der Waals surface area contributed by atoms with Gasteiger partial charge in [0.15, 0.2) is 5.69 Å². The maximum absolute atomic E-state index is 12.7. The summed E-state index contributed by atoms with van der Waals surface area (Å²) in [7, 11) is 0. The number of carbonyl (C=O) groups excluding carboxylic acids is 1. The molecule has 5 heteroatoms. The second kappa shape index (κ2) is 4.29. The van der Waals surface area contributed by atoms with Gasteiger partial charge in [0.25, 0.3) is 0 Å². The van der Waals surface area contributed by atoms with Crippen molar-refractivity contribution in [3.8, 4) is 0 Å². The number of hydrogen-bond donors (Lipinski definition) is 0. The summed E-state index contributed by atoms with van der Waals surface area (Å²) in [6.45, 7) is 1.59. The molecule has 0 spiro atoms. The molecule has 17 heavy (non-hydrogen) atoms. The van der Waals surface area contributed by atoms with Crippen LogP contribution in [0.15, 0.2) is 36.7 Å². The first-order chi connectivity index (χ1) is 8.08. The molecule has 2 rings (SSSR count). The number of hydrogen-bond acceptors (Lipinski definition) is 3. The number of rotatable bonds is 2. The predicted molar refractivity (Wildman–Crippen MR) is 57.8 cm³/mol. The van der Waals surface area contributed by atoms with E-state index >= 15 is 0 Å². The highest BCUT2D eigenvalue weighted by Crippen LogP contribution is 2.07. The van der Waals surface area contributed by atoms with Gasteiger partial charge in [0, 0.05) is 12.5 Å². The number of aryl methyl sites for hydroxylation is 1. The van der Waals surface area contributed by atoms with Crippen molar-refractivity contribution >= 4 is 5.78 Å². The lowest BCUT2D eigenvalue weighted by atomic mass is 10.1. The van der Waals surface area contributed by atoms with Gasteiger partial charge < -0.3 is 5.21 Å². The van der Waals surface area contributed by atoms with Crippen LogP contribution in [0.4, 0.5) is 4.39 Å². The molecule has 0 radical (unpaired) electrons. The van der Waals surface area contributed by atoms with Gasteiger partial charge >= 0.3 is 0 Å². The Hall–Kier alpha value is -2.30. The van der Waals surface area contributed by atoms with Gasteiger partial charge in [0.05, 0.1) is 6.20 Å². The van der Waals surface area contributed by atoms with Crippen molar-refractivity contribution in [3.05, 3.63) is 64.6 Å². The van der Waals surface area contributed by atoms with Gasteiger partial charge in [0.1, 0.15) is 5.82 Å². The van der Waals surface area contributed by atoms with E-state index in [9.17, 15) is 14.4 Å². The number of benzene rings is 1. The van der Waals surface area contributed by atoms with Crippen molar-refractivity contribution in [2.24, 2.45) is 0 Å². The van der Waals surface area contributed by atoms with Crippen LogP contribution in [0.3, 0.4) is 0 Å². The van der Waals surface area contributed by atoms with Crippen molar-refractivity contribution in [3.63, 3.8) is 0 Å². The SMILES string of the molecule is Cc1cnc(C(=O)c2ccc(F)cc2)c[n+]1[O-]. The van der Waals surface area contributed by atoms with Gasteiger partial charge in [-0.2, -0.15) is 4.73 Å². The van der Waals surface area contributed by atoms with Crippen LogP contribution in [-0.4, -0.2) is 10.8 Å². The molecule has 0 N–H and O–H groups in total. The maximum Gasteiger partial charge on any atom is 0.217 e. The standard InChI is InChI=1S/C12H9FN2O2/c1-8-6-14-11(7-15(8)17)12(16)9-2-4-10(13)5-3-9/h2-7H,1H3. The molecule has 0 saturated carbocycles. The molecule has 1 aromatic carbocycles. The minimum absolute atomic E-state index is 0.0391. The largest absolute Gasteiger partial charge is 0.618 e. The summed E-state index contributed by atoms with van der Waals surface area (Å²) in [5.41, 5.74) is 0.737. The fraction of sp³-hybridized carbons (Fsp3) is 0.0833. The van der Waals surface area contributed by atoms with E-state index in [2.05, 4.69) is 4.98 Å². The van der Waals surface area contributed by atoms with Crippen LogP contribution in [0.2, 0.25) is 0 Å². The molecule has 0 saturated heterocycles. The lowest BCUT2D eigenvalue weighted by Gasteiger charge is -2.02. The molecule has 0 unspecified atom stereocenters. The fourth-order valence-electron chi connectivity index (χ4n) is 1.33. The van der Waals surface area contributed by atoms with Gasteiger partial charge in [0.2, 0.25) is 17.7 Å². The molecule has 2 aromatic rings. The molecule has 0 aliphatic carbocycles. The second-order valence-corrected chi connectivity index (χ2v) is 3.58. The Balaban J connectivity index is 2.37. The summed E-state index contributed by atoms with van der Waals surface area (Å²) in [5, 5.41) is 11.3. The highest BCUT2D eigenvalue weighted by molar-refractivity contribution is 6.07. The first kappa shape index (κ1) is 11.2. The third-order valence-electron chi connectivity index (χ3n) is 2.32. The first-order valence-corrected chi connectivity index (χ1v) is 4.94. The molecule has 0 amide bonds.